The Morgan fingerprint density at radius 2 is 2.03 bits per heavy atom. The Morgan fingerprint density at radius 3 is 2.67 bits per heavy atom. The van der Waals surface area contributed by atoms with Gasteiger partial charge in [0.2, 0.25) is 5.91 Å². The molecule has 154 valence electrons. The molecule has 1 amide bonds. The summed E-state index contributed by atoms with van der Waals surface area (Å²) in [7, 11) is 0. The van der Waals surface area contributed by atoms with E-state index in [1.807, 2.05) is 28.8 Å². The number of halogens is 1. The largest absolute Gasteiger partial charge is 0.325 e. The van der Waals surface area contributed by atoms with Gasteiger partial charge in [0.05, 0.1) is 10.7 Å². The number of nitrogens with one attached hydrogen (secondary N) is 1. The highest BCUT2D eigenvalue weighted by Gasteiger charge is 2.16. The smallest absolute Gasteiger partial charge is 0.269 e. The highest BCUT2D eigenvalue weighted by Crippen LogP contribution is 2.26. The minimum atomic E-state index is -0.468. The molecule has 0 aliphatic heterocycles. The highest BCUT2D eigenvalue weighted by molar-refractivity contribution is 9.10. The fourth-order valence-electron chi connectivity index (χ4n) is 2.72. The molecule has 1 heterocycles. The van der Waals surface area contributed by atoms with Crippen molar-refractivity contribution in [3.05, 3.63) is 75.3 Å². The van der Waals surface area contributed by atoms with Crippen molar-refractivity contribution in [2.75, 3.05) is 11.1 Å². The number of amides is 1. The number of rotatable bonds is 8. The fraction of sp³-hybridized carbons (Fsp3) is 0.150. The van der Waals surface area contributed by atoms with Gasteiger partial charge in [-0.3, -0.25) is 19.5 Å². The average molecular weight is 488 g/mol. The molecule has 0 radical (unpaired) electrons. The van der Waals surface area contributed by atoms with Crippen molar-refractivity contribution < 1.29 is 9.72 Å². The Bertz CT molecular complexity index is 1100. The number of carbonyl (C=O) groups is 1. The number of anilines is 1. The van der Waals surface area contributed by atoms with E-state index in [-0.39, 0.29) is 17.3 Å². The van der Waals surface area contributed by atoms with Crippen LogP contribution in [0.3, 0.4) is 0 Å². The Labute approximate surface area is 185 Å². The van der Waals surface area contributed by atoms with Gasteiger partial charge in [0, 0.05) is 34.4 Å². The third-order valence-corrected chi connectivity index (χ3v) is 5.65. The molecule has 30 heavy (non-hydrogen) atoms. The minimum absolute atomic E-state index is 0.0159. The van der Waals surface area contributed by atoms with Crippen molar-refractivity contribution in [3.8, 4) is 11.4 Å². The van der Waals surface area contributed by atoms with Crippen molar-refractivity contribution in [2.24, 2.45) is 0 Å². The number of aryl methyl sites for hydroxylation is 1. The maximum absolute atomic E-state index is 12.4. The number of allylic oxidation sites excluding steroid dienone is 1. The Balaban J connectivity index is 1.71. The number of carbonyl (C=O) groups excluding carboxylic acids is 1. The molecule has 0 aliphatic rings. The van der Waals surface area contributed by atoms with E-state index in [0.29, 0.717) is 28.8 Å². The number of nitrogens with zero attached hydrogens (tertiary/aromatic N) is 4. The number of hydrogen-bond donors (Lipinski definition) is 1. The van der Waals surface area contributed by atoms with Gasteiger partial charge in [-0.15, -0.1) is 16.8 Å². The lowest BCUT2D eigenvalue weighted by molar-refractivity contribution is -0.384. The third kappa shape index (κ3) is 5.14. The lowest BCUT2D eigenvalue weighted by Gasteiger charge is -2.09. The van der Waals surface area contributed by atoms with Crippen molar-refractivity contribution in [2.45, 2.75) is 18.6 Å². The van der Waals surface area contributed by atoms with E-state index in [2.05, 4.69) is 38.0 Å². The van der Waals surface area contributed by atoms with Crippen LogP contribution < -0.4 is 5.32 Å². The molecule has 0 spiro atoms. The molecule has 0 fully saturated rings. The van der Waals surface area contributed by atoms with E-state index in [1.54, 1.807) is 13.0 Å². The van der Waals surface area contributed by atoms with E-state index in [9.17, 15) is 14.9 Å². The Hall–Kier alpha value is -2.98. The van der Waals surface area contributed by atoms with Crippen LogP contribution in [0.2, 0.25) is 0 Å². The first-order valence-corrected chi connectivity index (χ1v) is 10.6. The topological polar surface area (TPSA) is 103 Å². The van der Waals surface area contributed by atoms with Gasteiger partial charge in [0.1, 0.15) is 0 Å². The van der Waals surface area contributed by atoms with Gasteiger partial charge in [-0.2, -0.15) is 0 Å². The number of benzene rings is 2. The quantitative estimate of drug-likeness (QED) is 0.211. The predicted molar refractivity (Wildman–Crippen MR) is 121 cm³/mol. The van der Waals surface area contributed by atoms with E-state index < -0.39 is 4.92 Å². The molecule has 1 N–H and O–H groups in total. The molecule has 0 saturated heterocycles. The summed E-state index contributed by atoms with van der Waals surface area (Å²) in [5.41, 5.74) is 2.05. The number of nitro groups is 1. The van der Waals surface area contributed by atoms with Gasteiger partial charge in [-0.05, 0) is 30.7 Å². The summed E-state index contributed by atoms with van der Waals surface area (Å²) in [4.78, 5) is 22.8. The van der Waals surface area contributed by atoms with Gasteiger partial charge in [0.15, 0.2) is 11.0 Å². The second-order valence-electron chi connectivity index (χ2n) is 6.31. The van der Waals surface area contributed by atoms with Crippen LogP contribution in [0, 0.1) is 17.0 Å². The third-order valence-electron chi connectivity index (χ3n) is 4.16. The van der Waals surface area contributed by atoms with Crippen molar-refractivity contribution in [1.82, 2.24) is 14.8 Å². The lowest BCUT2D eigenvalue weighted by atomic mass is 10.2. The Kier molecular flexibility index (Phi) is 7.01. The predicted octanol–water partition coefficient (Wildman–Crippen LogP) is 4.84. The van der Waals surface area contributed by atoms with Crippen LogP contribution >= 0.6 is 27.7 Å². The number of thioether (sulfide) groups is 1. The van der Waals surface area contributed by atoms with E-state index in [0.717, 1.165) is 10.0 Å². The summed E-state index contributed by atoms with van der Waals surface area (Å²) < 4.78 is 2.86. The monoisotopic (exact) mass is 487 g/mol. The van der Waals surface area contributed by atoms with Gasteiger partial charge in [-0.1, -0.05) is 45.9 Å². The highest BCUT2D eigenvalue weighted by atomic mass is 79.9. The molecule has 0 bridgehead atoms. The molecule has 0 saturated carbocycles. The first kappa shape index (κ1) is 21.7. The van der Waals surface area contributed by atoms with Crippen LogP contribution in [-0.2, 0) is 11.3 Å². The molecule has 3 rings (SSSR count). The molecule has 2 aromatic carbocycles. The number of non-ortho nitro benzene ring substituents is 1. The van der Waals surface area contributed by atoms with Crippen molar-refractivity contribution in [3.63, 3.8) is 0 Å². The molecule has 8 nitrogen and oxygen atoms in total. The van der Waals surface area contributed by atoms with Crippen LogP contribution in [0.25, 0.3) is 11.4 Å². The summed E-state index contributed by atoms with van der Waals surface area (Å²) in [6.07, 6.45) is 1.75. The zero-order valence-corrected chi connectivity index (χ0v) is 18.4. The standard InChI is InChI=1S/C20H18BrN5O3S/c1-3-10-25-19(14-4-6-15(21)7-5-14)23-24-20(25)30-12-18(27)22-17-9-8-16(26(28)29)11-13(17)2/h3-9,11H,1,10,12H2,2H3,(H,22,27). The van der Waals surface area contributed by atoms with Gasteiger partial charge in [-0.25, -0.2) is 0 Å². The average Bonchev–Trinajstić information content (AvgIpc) is 3.11. The summed E-state index contributed by atoms with van der Waals surface area (Å²) in [6, 6.07) is 12.0. The second-order valence-corrected chi connectivity index (χ2v) is 8.16. The summed E-state index contributed by atoms with van der Waals surface area (Å²) in [5, 5.41) is 22.7. The van der Waals surface area contributed by atoms with Crippen molar-refractivity contribution in [1.29, 1.82) is 0 Å². The summed E-state index contributed by atoms with van der Waals surface area (Å²) in [6.45, 7) is 6.00. The van der Waals surface area contributed by atoms with Crippen LogP contribution in [0.5, 0.6) is 0 Å². The first-order chi connectivity index (χ1) is 14.4. The zero-order chi connectivity index (χ0) is 21.7. The molecule has 3 aromatic rings. The molecule has 0 aliphatic carbocycles. The van der Waals surface area contributed by atoms with Gasteiger partial charge < -0.3 is 5.32 Å². The maximum atomic E-state index is 12.4. The van der Waals surface area contributed by atoms with E-state index >= 15 is 0 Å². The lowest BCUT2D eigenvalue weighted by Crippen LogP contribution is -2.15. The normalized spacial score (nSPS) is 10.6. The van der Waals surface area contributed by atoms with Gasteiger partial charge in [0.25, 0.3) is 5.69 Å². The Morgan fingerprint density at radius 1 is 1.30 bits per heavy atom. The van der Waals surface area contributed by atoms with Crippen LogP contribution in [-0.4, -0.2) is 31.3 Å². The van der Waals surface area contributed by atoms with Crippen LogP contribution in [0.1, 0.15) is 5.56 Å². The van der Waals surface area contributed by atoms with E-state index in [1.165, 1.54) is 30.0 Å². The maximum Gasteiger partial charge on any atom is 0.269 e. The molecule has 1 aromatic heterocycles. The molecule has 0 unspecified atom stereocenters. The number of nitro benzene ring substituents is 1. The first-order valence-electron chi connectivity index (χ1n) is 8.86. The van der Waals surface area contributed by atoms with Gasteiger partial charge >= 0.3 is 0 Å². The van der Waals surface area contributed by atoms with Crippen molar-refractivity contribution >= 4 is 45.0 Å². The van der Waals surface area contributed by atoms with Crippen LogP contribution in [0.4, 0.5) is 11.4 Å². The SMILES string of the molecule is C=CCn1c(SCC(=O)Nc2ccc([N+](=O)[O-])cc2C)nnc1-c1ccc(Br)cc1. The molecular formula is C20H18BrN5O3S. The zero-order valence-electron chi connectivity index (χ0n) is 16.0. The van der Waals surface area contributed by atoms with Crippen LogP contribution in [0.15, 0.2) is 64.7 Å². The summed E-state index contributed by atoms with van der Waals surface area (Å²) >= 11 is 4.67. The number of hydrogen-bond acceptors (Lipinski definition) is 6. The second kappa shape index (κ2) is 9.68. The molecule has 10 heteroatoms. The summed E-state index contributed by atoms with van der Waals surface area (Å²) in [5.74, 6) is 0.568. The fourth-order valence-corrected chi connectivity index (χ4v) is 3.73. The van der Waals surface area contributed by atoms with E-state index in [4.69, 9.17) is 0 Å². The minimum Gasteiger partial charge on any atom is -0.325 e. The number of aromatic nitrogens is 3. The molecule has 0 atom stereocenters. The molecular weight excluding hydrogens is 470 g/mol.